The maximum absolute atomic E-state index is 13.1. The first kappa shape index (κ1) is 20.7. The Labute approximate surface area is 176 Å². The Balaban J connectivity index is 1.32. The van der Waals surface area contributed by atoms with E-state index in [4.69, 9.17) is 0 Å². The molecule has 1 aliphatic heterocycles. The van der Waals surface area contributed by atoms with Gasteiger partial charge in [0.05, 0.1) is 12.2 Å². The molecule has 1 saturated carbocycles. The lowest BCUT2D eigenvalue weighted by molar-refractivity contribution is -0.133. The Bertz CT molecular complexity index is 914. The number of carbonyl (C=O) groups is 1. The third-order valence-electron chi connectivity index (χ3n) is 6.30. The molecule has 4 rings (SSSR count). The highest BCUT2D eigenvalue weighted by Gasteiger charge is 2.26. The van der Waals surface area contributed by atoms with Crippen molar-refractivity contribution in [2.45, 2.75) is 51.1 Å². The Morgan fingerprint density at radius 2 is 1.67 bits per heavy atom. The van der Waals surface area contributed by atoms with Crippen LogP contribution in [0.4, 0.5) is 4.39 Å². The van der Waals surface area contributed by atoms with Crippen molar-refractivity contribution >= 4 is 5.91 Å². The molecule has 0 radical (unpaired) electrons. The molecule has 0 N–H and O–H groups in total. The van der Waals surface area contributed by atoms with Crippen molar-refractivity contribution in [3.63, 3.8) is 0 Å². The maximum atomic E-state index is 13.1. The third-order valence-corrected chi connectivity index (χ3v) is 6.30. The second kappa shape index (κ2) is 9.51. The van der Waals surface area contributed by atoms with Crippen LogP contribution < -0.4 is 5.56 Å². The summed E-state index contributed by atoms with van der Waals surface area (Å²) in [5, 5.41) is 4.37. The standard InChI is InChI=1S/C23H29FN4O2/c24-19-8-6-18(7-9-19)21-10-11-23(30)28(25-21)13-12-22(29)27-16-14-26(15-17-27)20-4-2-1-3-5-20/h6-11,20H,1-5,12-17H2. The number of aryl methyl sites for hydroxylation is 1. The Morgan fingerprint density at radius 3 is 2.37 bits per heavy atom. The number of aromatic nitrogens is 2. The molecule has 0 unspecified atom stereocenters. The third kappa shape index (κ3) is 4.95. The predicted molar refractivity (Wildman–Crippen MR) is 114 cm³/mol. The van der Waals surface area contributed by atoms with Crippen LogP contribution in [0.15, 0.2) is 41.2 Å². The summed E-state index contributed by atoms with van der Waals surface area (Å²) in [6.07, 6.45) is 6.82. The van der Waals surface area contributed by atoms with E-state index >= 15 is 0 Å². The molecule has 2 fully saturated rings. The number of carbonyl (C=O) groups excluding carboxylic acids is 1. The van der Waals surface area contributed by atoms with Crippen LogP contribution in [0.1, 0.15) is 38.5 Å². The molecule has 1 aliphatic carbocycles. The minimum Gasteiger partial charge on any atom is -0.340 e. The van der Waals surface area contributed by atoms with Gasteiger partial charge in [0.15, 0.2) is 0 Å². The lowest BCUT2D eigenvalue weighted by atomic mass is 9.94. The first-order valence-corrected chi connectivity index (χ1v) is 11.0. The molecule has 2 aromatic rings. The maximum Gasteiger partial charge on any atom is 0.266 e. The zero-order chi connectivity index (χ0) is 20.9. The fourth-order valence-corrected chi connectivity index (χ4v) is 4.53. The topological polar surface area (TPSA) is 58.4 Å². The highest BCUT2D eigenvalue weighted by Crippen LogP contribution is 2.23. The van der Waals surface area contributed by atoms with Crippen molar-refractivity contribution < 1.29 is 9.18 Å². The summed E-state index contributed by atoms with van der Waals surface area (Å²) in [6.45, 7) is 3.64. The van der Waals surface area contributed by atoms with E-state index in [0.717, 1.165) is 31.7 Å². The second-order valence-electron chi connectivity index (χ2n) is 8.25. The van der Waals surface area contributed by atoms with Gasteiger partial charge in [-0.3, -0.25) is 14.5 Å². The van der Waals surface area contributed by atoms with Crippen molar-refractivity contribution in [2.75, 3.05) is 26.2 Å². The van der Waals surface area contributed by atoms with Gasteiger partial charge in [-0.05, 0) is 43.2 Å². The lowest BCUT2D eigenvalue weighted by Crippen LogP contribution is -2.52. The summed E-state index contributed by atoms with van der Waals surface area (Å²) in [4.78, 5) is 29.3. The van der Waals surface area contributed by atoms with Gasteiger partial charge < -0.3 is 4.90 Å². The Hall–Kier alpha value is -2.54. The summed E-state index contributed by atoms with van der Waals surface area (Å²) < 4.78 is 14.5. The molecule has 1 aromatic carbocycles. The number of rotatable bonds is 5. The van der Waals surface area contributed by atoms with Crippen molar-refractivity contribution in [2.24, 2.45) is 0 Å². The average Bonchev–Trinajstić information content (AvgIpc) is 2.79. The first-order valence-electron chi connectivity index (χ1n) is 11.0. The normalized spacial score (nSPS) is 18.5. The van der Waals surface area contributed by atoms with E-state index in [1.165, 1.54) is 55.0 Å². The quantitative estimate of drug-likeness (QED) is 0.758. The summed E-state index contributed by atoms with van der Waals surface area (Å²) in [7, 11) is 0. The Kier molecular flexibility index (Phi) is 6.57. The highest BCUT2D eigenvalue weighted by atomic mass is 19.1. The van der Waals surface area contributed by atoms with Crippen LogP contribution in [0.25, 0.3) is 11.3 Å². The number of piperazine rings is 1. The zero-order valence-electron chi connectivity index (χ0n) is 17.3. The number of nitrogens with zero attached hydrogens (tertiary/aromatic N) is 4. The van der Waals surface area contributed by atoms with Crippen LogP contribution in [-0.2, 0) is 11.3 Å². The molecule has 0 spiro atoms. The fraction of sp³-hybridized carbons (Fsp3) is 0.522. The molecule has 7 heteroatoms. The molecule has 2 heterocycles. The minimum absolute atomic E-state index is 0.0687. The van der Waals surface area contributed by atoms with Crippen LogP contribution in [0.2, 0.25) is 0 Å². The van der Waals surface area contributed by atoms with Gasteiger partial charge in [-0.1, -0.05) is 19.3 Å². The van der Waals surface area contributed by atoms with Gasteiger partial charge >= 0.3 is 0 Å². The smallest absolute Gasteiger partial charge is 0.266 e. The molecule has 1 aromatic heterocycles. The number of hydrogen-bond donors (Lipinski definition) is 0. The van der Waals surface area contributed by atoms with Gasteiger partial charge in [0, 0.05) is 50.3 Å². The second-order valence-corrected chi connectivity index (χ2v) is 8.25. The molecule has 2 aliphatic rings. The number of benzene rings is 1. The van der Waals surface area contributed by atoms with E-state index in [1.807, 2.05) is 4.90 Å². The molecule has 30 heavy (non-hydrogen) atoms. The summed E-state index contributed by atoms with van der Waals surface area (Å²) in [6, 6.07) is 9.74. The van der Waals surface area contributed by atoms with Gasteiger partial charge in [0.25, 0.3) is 5.56 Å². The van der Waals surface area contributed by atoms with Crippen molar-refractivity contribution in [1.82, 2.24) is 19.6 Å². The van der Waals surface area contributed by atoms with Crippen LogP contribution in [-0.4, -0.2) is 57.7 Å². The summed E-state index contributed by atoms with van der Waals surface area (Å²) in [5.41, 5.74) is 1.08. The first-order chi connectivity index (χ1) is 14.6. The SMILES string of the molecule is O=C(CCn1nc(-c2ccc(F)cc2)ccc1=O)N1CCN(C2CCCCC2)CC1. The Morgan fingerprint density at radius 1 is 0.967 bits per heavy atom. The predicted octanol–water partition coefficient (Wildman–Crippen LogP) is 2.92. The van der Waals surface area contributed by atoms with E-state index in [0.29, 0.717) is 11.7 Å². The largest absolute Gasteiger partial charge is 0.340 e. The lowest BCUT2D eigenvalue weighted by Gasteiger charge is -2.40. The highest BCUT2D eigenvalue weighted by molar-refractivity contribution is 5.76. The molecular weight excluding hydrogens is 383 g/mol. The van der Waals surface area contributed by atoms with Crippen LogP contribution in [0.3, 0.4) is 0 Å². The van der Waals surface area contributed by atoms with E-state index in [-0.39, 0.29) is 30.2 Å². The average molecular weight is 413 g/mol. The van der Waals surface area contributed by atoms with Gasteiger partial charge in [0.2, 0.25) is 5.91 Å². The molecule has 6 nitrogen and oxygen atoms in total. The summed E-state index contributed by atoms with van der Waals surface area (Å²) >= 11 is 0. The number of amides is 1. The van der Waals surface area contributed by atoms with Crippen LogP contribution in [0, 0.1) is 5.82 Å². The molecular formula is C23H29FN4O2. The monoisotopic (exact) mass is 412 g/mol. The molecule has 1 saturated heterocycles. The van der Waals surface area contributed by atoms with Crippen LogP contribution >= 0.6 is 0 Å². The van der Waals surface area contributed by atoms with Crippen molar-refractivity contribution in [3.05, 3.63) is 52.6 Å². The van der Waals surface area contributed by atoms with E-state index in [9.17, 15) is 14.0 Å². The van der Waals surface area contributed by atoms with E-state index in [2.05, 4.69) is 10.00 Å². The van der Waals surface area contributed by atoms with Crippen molar-refractivity contribution in [3.8, 4) is 11.3 Å². The van der Waals surface area contributed by atoms with Crippen LogP contribution in [0.5, 0.6) is 0 Å². The van der Waals surface area contributed by atoms with Gasteiger partial charge in [-0.2, -0.15) is 5.10 Å². The molecule has 160 valence electrons. The minimum atomic E-state index is -0.318. The van der Waals surface area contributed by atoms with Gasteiger partial charge in [0.1, 0.15) is 5.82 Å². The molecule has 0 bridgehead atoms. The van der Waals surface area contributed by atoms with E-state index in [1.54, 1.807) is 18.2 Å². The fourth-order valence-electron chi connectivity index (χ4n) is 4.53. The van der Waals surface area contributed by atoms with Crippen molar-refractivity contribution in [1.29, 1.82) is 0 Å². The number of hydrogen-bond acceptors (Lipinski definition) is 4. The van der Waals surface area contributed by atoms with Gasteiger partial charge in [-0.15, -0.1) is 0 Å². The van der Waals surface area contributed by atoms with E-state index < -0.39 is 0 Å². The molecule has 0 atom stereocenters. The molecule has 1 amide bonds. The van der Waals surface area contributed by atoms with Gasteiger partial charge in [-0.25, -0.2) is 9.07 Å². The summed E-state index contributed by atoms with van der Waals surface area (Å²) in [5.74, 6) is -0.250. The zero-order valence-corrected chi connectivity index (χ0v) is 17.3. The number of halogens is 1.